The van der Waals surface area contributed by atoms with Crippen molar-refractivity contribution in [1.82, 2.24) is 47.9 Å². The van der Waals surface area contributed by atoms with Gasteiger partial charge >= 0.3 is 17.9 Å². The largest absolute Gasteiger partial charge is 0.481 e. The number of unbranched alkanes of at least 4 members (excludes halogenated alkanes) is 3. The first kappa shape index (κ1) is 76.4. The van der Waals surface area contributed by atoms with Gasteiger partial charge in [-0.2, -0.15) is 0 Å². The van der Waals surface area contributed by atoms with Crippen LogP contribution < -0.4 is 82.3 Å². The number of carboxylic acid groups (broad SMARTS) is 3. The molecule has 24 N–H and O–H groups in total. The number of carbonyl (C=O) groups excluding carboxylic acids is 11. The molecule has 478 valence electrons. The lowest BCUT2D eigenvalue weighted by Gasteiger charge is -2.28. The molecule has 0 aromatic rings. The van der Waals surface area contributed by atoms with Crippen LogP contribution >= 0.6 is 0 Å². The molecule has 32 nitrogen and oxygen atoms in total. The van der Waals surface area contributed by atoms with Gasteiger partial charge in [-0.15, -0.1) is 0 Å². The fourth-order valence-corrected chi connectivity index (χ4v) is 8.18. The van der Waals surface area contributed by atoms with Crippen LogP contribution in [0, 0.1) is 11.8 Å². The first-order valence-corrected chi connectivity index (χ1v) is 28.2. The molecule has 0 aliphatic rings. The molecule has 0 aromatic heterocycles. The molecule has 0 aliphatic heterocycles. The Bertz CT molecular complexity index is 2220. The van der Waals surface area contributed by atoms with E-state index in [9.17, 15) is 82.4 Å². The zero-order chi connectivity index (χ0) is 64.2. The highest BCUT2D eigenvalue weighted by molar-refractivity contribution is 5.99. The molecule has 11 amide bonds. The Balaban J connectivity index is 6.97. The van der Waals surface area contributed by atoms with Crippen molar-refractivity contribution in [3.63, 3.8) is 0 Å². The number of rotatable bonds is 46. The van der Waals surface area contributed by atoms with E-state index in [2.05, 4.69) is 47.9 Å². The summed E-state index contributed by atoms with van der Waals surface area (Å²) in [5.41, 5.74) is 33.7. The Morgan fingerprint density at radius 2 is 0.655 bits per heavy atom. The summed E-state index contributed by atoms with van der Waals surface area (Å²) in [5, 5.41) is 50.5. The van der Waals surface area contributed by atoms with Gasteiger partial charge in [0.25, 0.3) is 0 Å². The summed E-state index contributed by atoms with van der Waals surface area (Å²) in [6.07, 6.45) is -2.27. The minimum atomic E-state index is -1.73. The van der Waals surface area contributed by atoms with E-state index >= 15 is 0 Å². The van der Waals surface area contributed by atoms with E-state index in [1.165, 1.54) is 6.92 Å². The van der Waals surface area contributed by atoms with E-state index in [1.807, 2.05) is 0 Å². The average molecular weight is 1200 g/mol. The standard InChI is InChI=1S/C52H93N15O17/c1-27(2)24-36(66-51(82)37(26-42(72)73)65-44(75)30(56)12-6-9-21-53)50(81)64-35(17-20-41(70)71)49(80)61-32(14-8-11-23-55)46(77)62-34(16-19-40(58)69)48(79)63-33(15-18-39(57)68)47(78)60-31(13-7-10-22-54)45(76)59-29(5)43(74)67-38(52(83)84)25-28(3)4/h27-38H,6-26,53-56H2,1-5H3,(H2,57,68)(H2,58,69)(H,59,76)(H,60,78)(H,61,80)(H,62,77)(H,63,79)(H,64,81)(H,65,75)(H,66,82)(H,67,74)(H,70,71)(H,72,73)(H,83,84)/t29-,30-,31-,32-,33-,34-,35-,36-,37-,38-/m0/s1. The Morgan fingerprint density at radius 3 is 1.01 bits per heavy atom. The molecular formula is C52H93N15O17. The van der Waals surface area contributed by atoms with E-state index in [0.29, 0.717) is 32.2 Å². The van der Waals surface area contributed by atoms with Gasteiger partial charge in [-0.3, -0.25) is 62.3 Å². The molecular weight excluding hydrogens is 1110 g/mol. The highest BCUT2D eigenvalue weighted by atomic mass is 16.4. The van der Waals surface area contributed by atoms with Crippen LogP contribution in [0.2, 0.25) is 0 Å². The van der Waals surface area contributed by atoms with E-state index in [0.717, 1.165) is 0 Å². The molecule has 0 spiro atoms. The summed E-state index contributed by atoms with van der Waals surface area (Å²) in [7, 11) is 0. The molecule has 0 saturated carbocycles. The third-order valence-corrected chi connectivity index (χ3v) is 12.8. The summed E-state index contributed by atoms with van der Waals surface area (Å²) in [5.74, 6) is -15.6. The number of carboxylic acids is 3. The van der Waals surface area contributed by atoms with Gasteiger partial charge in [0.15, 0.2) is 0 Å². The first-order valence-electron chi connectivity index (χ1n) is 28.2. The topological polar surface area (TPSA) is 564 Å². The number of hydrogen-bond acceptors (Lipinski definition) is 18. The van der Waals surface area contributed by atoms with Crippen LogP contribution in [0.4, 0.5) is 0 Å². The monoisotopic (exact) mass is 1200 g/mol. The normalized spacial score (nSPS) is 14.7. The van der Waals surface area contributed by atoms with Crippen LogP contribution in [0.15, 0.2) is 0 Å². The Labute approximate surface area is 488 Å². The van der Waals surface area contributed by atoms with Gasteiger partial charge in [0.1, 0.15) is 54.4 Å². The van der Waals surface area contributed by atoms with Crippen molar-refractivity contribution in [2.45, 2.75) is 211 Å². The minimum absolute atomic E-state index is 0.0577. The Kier molecular flexibility index (Phi) is 37.7. The number of amides is 11. The van der Waals surface area contributed by atoms with E-state index < -0.39 is 188 Å². The van der Waals surface area contributed by atoms with Gasteiger partial charge in [0, 0.05) is 19.3 Å². The number of primary amides is 2. The predicted octanol–water partition coefficient (Wildman–Crippen LogP) is -4.87. The molecule has 0 saturated heterocycles. The maximum absolute atomic E-state index is 14.3. The Morgan fingerprint density at radius 1 is 0.345 bits per heavy atom. The smallest absolute Gasteiger partial charge is 0.326 e. The van der Waals surface area contributed by atoms with Crippen molar-refractivity contribution in [2.24, 2.45) is 46.2 Å². The third kappa shape index (κ3) is 32.9. The molecule has 0 fully saturated rings. The zero-order valence-electron chi connectivity index (χ0n) is 48.8. The van der Waals surface area contributed by atoms with Gasteiger partial charge < -0.3 is 97.6 Å². The fraction of sp³-hybridized carbons (Fsp3) is 0.731. The number of aliphatic carboxylic acids is 3. The van der Waals surface area contributed by atoms with Crippen molar-refractivity contribution in [3.05, 3.63) is 0 Å². The summed E-state index contributed by atoms with van der Waals surface area (Å²) in [6.45, 7) is 8.76. The molecule has 0 aromatic carbocycles. The van der Waals surface area contributed by atoms with Crippen LogP contribution in [0.1, 0.15) is 150 Å². The van der Waals surface area contributed by atoms with Crippen LogP contribution in [0.3, 0.4) is 0 Å². The second-order valence-electron chi connectivity index (χ2n) is 21.3. The zero-order valence-corrected chi connectivity index (χ0v) is 48.8. The van der Waals surface area contributed by atoms with Crippen LogP contribution in [-0.2, 0) is 67.1 Å². The van der Waals surface area contributed by atoms with E-state index in [1.54, 1.807) is 27.7 Å². The lowest BCUT2D eigenvalue weighted by molar-refractivity contribution is -0.143. The summed E-state index contributed by atoms with van der Waals surface area (Å²) >= 11 is 0. The van der Waals surface area contributed by atoms with E-state index in [4.69, 9.17) is 34.4 Å². The van der Waals surface area contributed by atoms with Crippen molar-refractivity contribution >= 4 is 82.9 Å². The molecule has 0 bridgehead atoms. The van der Waals surface area contributed by atoms with Gasteiger partial charge in [-0.05, 0) is 122 Å². The predicted molar refractivity (Wildman–Crippen MR) is 302 cm³/mol. The van der Waals surface area contributed by atoms with Crippen LogP contribution in [0.25, 0.3) is 0 Å². The number of carbonyl (C=O) groups is 14. The molecule has 0 rings (SSSR count). The molecule has 0 radical (unpaired) electrons. The fourth-order valence-electron chi connectivity index (χ4n) is 8.18. The summed E-state index contributed by atoms with van der Waals surface area (Å²) in [4.78, 5) is 183. The summed E-state index contributed by atoms with van der Waals surface area (Å²) < 4.78 is 0. The van der Waals surface area contributed by atoms with Crippen molar-refractivity contribution < 1.29 is 82.4 Å². The number of hydrogen-bond donors (Lipinski definition) is 18. The molecule has 0 heterocycles. The highest BCUT2D eigenvalue weighted by Crippen LogP contribution is 2.13. The highest BCUT2D eigenvalue weighted by Gasteiger charge is 2.36. The van der Waals surface area contributed by atoms with Gasteiger partial charge in [-0.1, -0.05) is 34.1 Å². The van der Waals surface area contributed by atoms with Crippen LogP contribution in [-0.4, -0.2) is 178 Å². The van der Waals surface area contributed by atoms with E-state index in [-0.39, 0.29) is 69.9 Å². The quantitative estimate of drug-likeness (QED) is 0.0254. The second kappa shape index (κ2) is 41.4. The molecule has 84 heavy (non-hydrogen) atoms. The Hall–Kier alpha value is -7.58. The lowest BCUT2D eigenvalue weighted by Crippen LogP contribution is -2.60. The van der Waals surface area contributed by atoms with Crippen LogP contribution in [0.5, 0.6) is 0 Å². The molecule has 0 aliphatic carbocycles. The molecule has 32 heteroatoms. The van der Waals surface area contributed by atoms with Crippen molar-refractivity contribution in [1.29, 1.82) is 0 Å². The first-order chi connectivity index (χ1) is 39.4. The summed E-state index contributed by atoms with van der Waals surface area (Å²) in [6, 6.07) is -15.1. The minimum Gasteiger partial charge on any atom is -0.481 e. The molecule has 0 unspecified atom stereocenters. The van der Waals surface area contributed by atoms with Crippen molar-refractivity contribution in [2.75, 3.05) is 19.6 Å². The average Bonchev–Trinajstić information content (AvgIpc) is 3.62. The lowest BCUT2D eigenvalue weighted by atomic mass is 10.0. The maximum Gasteiger partial charge on any atom is 0.326 e. The second-order valence-corrected chi connectivity index (χ2v) is 21.3. The molecule has 10 atom stereocenters. The maximum atomic E-state index is 14.3. The van der Waals surface area contributed by atoms with Gasteiger partial charge in [0.05, 0.1) is 12.5 Å². The van der Waals surface area contributed by atoms with Gasteiger partial charge in [0.2, 0.25) is 65.0 Å². The third-order valence-electron chi connectivity index (χ3n) is 12.8. The SMILES string of the molecule is CC(C)C[C@H](NC(=O)[C@H](C)NC(=O)[C@H](CCCCN)NC(=O)[C@H](CCC(N)=O)NC(=O)[C@H](CCC(N)=O)NC(=O)[C@H](CCCCN)NC(=O)[C@H](CCC(=O)O)NC(=O)[C@H](CC(C)C)NC(=O)[C@H](CC(=O)O)NC(=O)[C@@H](N)CCCCN)C(=O)O. The number of nitrogens with one attached hydrogen (secondary N) is 9. The van der Waals surface area contributed by atoms with Crippen molar-refractivity contribution in [3.8, 4) is 0 Å². The number of nitrogens with two attached hydrogens (primary N) is 6. The van der Waals surface area contributed by atoms with Gasteiger partial charge in [-0.25, -0.2) is 4.79 Å².